The molecule has 0 atom stereocenters. The minimum atomic E-state index is -0.665. The van der Waals surface area contributed by atoms with Gasteiger partial charge in [0.1, 0.15) is 0 Å². The second-order valence-corrected chi connectivity index (χ2v) is 7.13. The Morgan fingerprint density at radius 2 is 1.96 bits per heavy atom. The molecule has 2 N–H and O–H groups in total. The number of benzene rings is 2. The number of carbonyl (C=O) groups excluding carboxylic acids is 3. The first-order chi connectivity index (χ1) is 12.4. The van der Waals surface area contributed by atoms with Gasteiger partial charge in [0, 0.05) is 10.6 Å². The topological polar surface area (TPSA) is 84.5 Å². The largest absolute Gasteiger partial charge is 0.452 e. The first-order valence-electron chi connectivity index (χ1n) is 7.41. The maximum Gasteiger partial charge on any atom is 0.338 e. The van der Waals surface area contributed by atoms with Gasteiger partial charge in [0.2, 0.25) is 5.91 Å². The quantitative estimate of drug-likeness (QED) is 0.748. The minimum Gasteiger partial charge on any atom is -0.452 e. The van der Waals surface area contributed by atoms with Crippen molar-refractivity contribution >= 4 is 64.1 Å². The summed E-state index contributed by atoms with van der Waals surface area (Å²) in [6.45, 7) is -0.461. The number of rotatable bonds is 4. The molecule has 0 unspecified atom stereocenters. The highest BCUT2D eigenvalue weighted by atomic mass is 35.5. The van der Waals surface area contributed by atoms with Gasteiger partial charge in [-0.25, -0.2) is 4.79 Å². The number of thioether (sulfide) groups is 1. The SMILES string of the molecule is O=C(COC(=O)c1ccc2c(c1)NC(=O)CS2)Nc1ccc(Cl)c(Cl)c1. The molecule has 2 aromatic carbocycles. The molecule has 0 bridgehead atoms. The zero-order chi connectivity index (χ0) is 18.7. The third kappa shape index (κ3) is 4.49. The van der Waals surface area contributed by atoms with Crippen molar-refractivity contribution < 1.29 is 19.1 Å². The van der Waals surface area contributed by atoms with E-state index in [0.29, 0.717) is 27.2 Å². The van der Waals surface area contributed by atoms with E-state index < -0.39 is 18.5 Å². The van der Waals surface area contributed by atoms with E-state index in [-0.39, 0.29) is 11.5 Å². The van der Waals surface area contributed by atoms with E-state index in [1.54, 1.807) is 24.3 Å². The highest BCUT2D eigenvalue weighted by Crippen LogP contribution is 2.32. The molecule has 134 valence electrons. The average molecular weight is 411 g/mol. The van der Waals surface area contributed by atoms with Crippen LogP contribution in [0.1, 0.15) is 10.4 Å². The van der Waals surface area contributed by atoms with Crippen LogP contribution in [0.2, 0.25) is 10.0 Å². The van der Waals surface area contributed by atoms with Crippen molar-refractivity contribution in [3.8, 4) is 0 Å². The van der Waals surface area contributed by atoms with Crippen LogP contribution in [0, 0.1) is 0 Å². The third-order valence-electron chi connectivity index (χ3n) is 3.39. The maximum atomic E-state index is 12.1. The van der Waals surface area contributed by atoms with E-state index in [1.165, 1.54) is 23.9 Å². The van der Waals surface area contributed by atoms with Gasteiger partial charge in [0.25, 0.3) is 5.91 Å². The Balaban J connectivity index is 1.58. The van der Waals surface area contributed by atoms with E-state index in [1.807, 2.05) is 0 Å². The Labute approximate surface area is 163 Å². The van der Waals surface area contributed by atoms with Gasteiger partial charge in [-0.2, -0.15) is 0 Å². The fourth-order valence-corrected chi connectivity index (χ4v) is 3.28. The standard InChI is InChI=1S/C17H12Cl2N2O4S/c18-11-3-2-10(6-12(11)19)20-15(22)7-25-17(24)9-1-4-14-13(5-9)21-16(23)8-26-14/h1-6H,7-8H2,(H,20,22)(H,21,23). The van der Waals surface area contributed by atoms with Gasteiger partial charge in [-0.05, 0) is 36.4 Å². The Hall–Kier alpha value is -2.22. The van der Waals surface area contributed by atoms with E-state index >= 15 is 0 Å². The molecule has 0 saturated heterocycles. The predicted octanol–water partition coefficient (Wildman–Crippen LogP) is 3.83. The van der Waals surface area contributed by atoms with Gasteiger partial charge in [-0.15, -0.1) is 11.8 Å². The monoisotopic (exact) mass is 410 g/mol. The molecule has 0 fully saturated rings. The summed E-state index contributed by atoms with van der Waals surface area (Å²) in [6.07, 6.45) is 0. The lowest BCUT2D eigenvalue weighted by Crippen LogP contribution is -2.22. The van der Waals surface area contributed by atoms with Gasteiger partial charge >= 0.3 is 5.97 Å². The van der Waals surface area contributed by atoms with Crippen molar-refractivity contribution in [3.05, 3.63) is 52.0 Å². The third-order valence-corrected chi connectivity index (χ3v) is 5.20. The van der Waals surface area contributed by atoms with Crippen LogP contribution in [-0.4, -0.2) is 30.1 Å². The molecule has 0 saturated carbocycles. The number of carbonyl (C=O) groups is 3. The van der Waals surface area contributed by atoms with Crippen LogP contribution in [0.15, 0.2) is 41.3 Å². The van der Waals surface area contributed by atoms with Crippen LogP contribution in [0.3, 0.4) is 0 Å². The lowest BCUT2D eigenvalue weighted by atomic mass is 10.2. The first-order valence-corrected chi connectivity index (χ1v) is 9.15. The Bertz CT molecular complexity index is 904. The van der Waals surface area contributed by atoms with Gasteiger partial charge < -0.3 is 15.4 Å². The van der Waals surface area contributed by atoms with Gasteiger partial charge in [-0.1, -0.05) is 23.2 Å². The number of ether oxygens (including phenoxy) is 1. The summed E-state index contributed by atoms with van der Waals surface area (Å²) in [4.78, 5) is 36.3. The second kappa shape index (κ2) is 7.99. The van der Waals surface area contributed by atoms with Gasteiger partial charge in [0.05, 0.1) is 27.0 Å². The Morgan fingerprint density at radius 1 is 1.15 bits per heavy atom. The van der Waals surface area contributed by atoms with Crippen molar-refractivity contribution in [2.24, 2.45) is 0 Å². The number of hydrogen-bond donors (Lipinski definition) is 2. The van der Waals surface area contributed by atoms with Crippen molar-refractivity contribution in [2.45, 2.75) is 4.90 Å². The Kier molecular flexibility index (Phi) is 5.70. The number of hydrogen-bond acceptors (Lipinski definition) is 5. The molecular formula is C17H12Cl2N2O4S. The number of esters is 1. The average Bonchev–Trinajstić information content (AvgIpc) is 2.62. The molecule has 0 aliphatic carbocycles. The number of nitrogens with one attached hydrogen (secondary N) is 2. The smallest absolute Gasteiger partial charge is 0.338 e. The van der Waals surface area contributed by atoms with E-state index in [9.17, 15) is 14.4 Å². The molecule has 0 spiro atoms. The Morgan fingerprint density at radius 3 is 2.73 bits per heavy atom. The van der Waals surface area contributed by atoms with Crippen LogP contribution in [0.5, 0.6) is 0 Å². The summed E-state index contributed by atoms with van der Waals surface area (Å²) >= 11 is 13.1. The van der Waals surface area contributed by atoms with E-state index in [4.69, 9.17) is 27.9 Å². The number of halogens is 2. The van der Waals surface area contributed by atoms with Crippen molar-refractivity contribution in [3.63, 3.8) is 0 Å². The zero-order valence-electron chi connectivity index (χ0n) is 13.2. The maximum absolute atomic E-state index is 12.1. The summed E-state index contributed by atoms with van der Waals surface area (Å²) in [7, 11) is 0. The van der Waals surface area contributed by atoms with E-state index in [2.05, 4.69) is 10.6 Å². The summed E-state index contributed by atoms with van der Waals surface area (Å²) in [5.74, 6) is -0.972. The molecule has 9 heteroatoms. The van der Waals surface area contributed by atoms with Crippen LogP contribution in [-0.2, 0) is 14.3 Å². The van der Waals surface area contributed by atoms with Crippen molar-refractivity contribution in [1.82, 2.24) is 0 Å². The molecule has 0 aromatic heterocycles. The molecule has 6 nitrogen and oxygen atoms in total. The predicted molar refractivity (Wildman–Crippen MR) is 101 cm³/mol. The van der Waals surface area contributed by atoms with Crippen molar-refractivity contribution in [2.75, 3.05) is 23.0 Å². The zero-order valence-corrected chi connectivity index (χ0v) is 15.5. The summed E-state index contributed by atoms with van der Waals surface area (Å²) in [5.41, 5.74) is 1.24. The molecule has 2 aromatic rings. The summed E-state index contributed by atoms with van der Waals surface area (Å²) in [6, 6.07) is 9.46. The molecule has 26 heavy (non-hydrogen) atoms. The molecule has 2 amide bonds. The number of anilines is 2. The summed E-state index contributed by atoms with van der Waals surface area (Å²) in [5, 5.41) is 5.92. The molecule has 0 radical (unpaired) electrons. The second-order valence-electron chi connectivity index (χ2n) is 5.30. The molecule has 1 aliphatic heterocycles. The first kappa shape index (κ1) is 18.6. The van der Waals surface area contributed by atoms with Crippen LogP contribution < -0.4 is 10.6 Å². The molecule has 1 aliphatic rings. The highest BCUT2D eigenvalue weighted by Gasteiger charge is 2.18. The van der Waals surface area contributed by atoms with Crippen molar-refractivity contribution in [1.29, 1.82) is 0 Å². The minimum absolute atomic E-state index is 0.131. The molecule has 3 rings (SSSR count). The van der Waals surface area contributed by atoms with Crippen LogP contribution in [0.25, 0.3) is 0 Å². The highest BCUT2D eigenvalue weighted by molar-refractivity contribution is 8.00. The van der Waals surface area contributed by atoms with Crippen LogP contribution in [0.4, 0.5) is 11.4 Å². The number of amides is 2. The fraction of sp³-hybridized carbons (Fsp3) is 0.118. The lowest BCUT2D eigenvalue weighted by molar-refractivity contribution is -0.119. The number of fused-ring (bicyclic) bond motifs is 1. The molecule has 1 heterocycles. The normalized spacial score (nSPS) is 12.8. The lowest BCUT2D eigenvalue weighted by Gasteiger charge is -2.16. The van der Waals surface area contributed by atoms with Crippen LogP contribution >= 0.6 is 35.0 Å². The van der Waals surface area contributed by atoms with E-state index in [0.717, 1.165) is 4.90 Å². The summed E-state index contributed by atoms with van der Waals surface area (Å²) < 4.78 is 5.00. The van der Waals surface area contributed by atoms with Gasteiger partial charge in [0.15, 0.2) is 6.61 Å². The molecular weight excluding hydrogens is 399 g/mol. The van der Waals surface area contributed by atoms with Gasteiger partial charge in [-0.3, -0.25) is 9.59 Å². The fourth-order valence-electron chi connectivity index (χ4n) is 2.20.